The van der Waals surface area contributed by atoms with E-state index >= 15 is 0 Å². The number of carbonyl (C=O) groups excluding carboxylic acids is 2. The van der Waals surface area contributed by atoms with Crippen LogP contribution in [-0.4, -0.2) is 49.3 Å². The number of amides is 1. The Hall–Kier alpha value is -3.23. The lowest BCUT2D eigenvalue weighted by molar-refractivity contribution is -0.145. The number of thiazole rings is 1. The van der Waals surface area contributed by atoms with Gasteiger partial charge in [0.1, 0.15) is 23.9 Å². The summed E-state index contributed by atoms with van der Waals surface area (Å²) in [6, 6.07) is 15.6. The summed E-state index contributed by atoms with van der Waals surface area (Å²) in [4.78, 5) is 31.7. The Morgan fingerprint density at radius 1 is 1.12 bits per heavy atom. The maximum atomic E-state index is 13.0. The lowest BCUT2D eigenvalue weighted by atomic mass is 10.1. The smallest absolute Gasteiger partial charge is 0.326 e. The summed E-state index contributed by atoms with van der Waals surface area (Å²) in [6.45, 7) is 4.59. The second-order valence-corrected chi connectivity index (χ2v) is 8.30. The zero-order chi connectivity index (χ0) is 23.2. The van der Waals surface area contributed by atoms with Crippen molar-refractivity contribution in [2.75, 3.05) is 31.3 Å². The van der Waals surface area contributed by atoms with Crippen molar-refractivity contribution < 1.29 is 23.8 Å². The van der Waals surface area contributed by atoms with Gasteiger partial charge in [-0.3, -0.25) is 14.5 Å². The quantitative estimate of drug-likeness (QED) is 0.340. The summed E-state index contributed by atoms with van der Waals surface area (Å²) in [5.41, 5.74) is 3.23. The standard InChI is InChI=1S/C25H26N2O5S/c1-3-21-25(29)27(15-23(28)31-13-12-30-4-2)20-14-18(10-11-22(20)32-21)19-16-33-24(26-19)17-8-6-5-7-9-17/h5-11,14,16,21H,3-4,12-13,15H2,1-2H3. The molecule has 0 N–H and O–H groups in total. The predicted molar refractivity (Wildman–Crippen MR) is 127 cm³/mol. The average Bonchev–Trinajstić information content (AvgIpc) is 3.34. The molecule has 4 rings (SSSR count). The molecule has 2 heterocycles. The van der Waals surface area contributed by atoms with Crippen LogP contribution < -0.4 is 9.64 Å². The number of esters is 1. The van der Waals surface area contributed by atoms with Gasteiger partial charge in [-0.05, 0) is 31.5 Å². The second kappa shape index (κ2) is 10.6. The fourth-order valence-corrected chi connectivity index (χ4v) is 4.39. The van der Waals surface area contributed by atoms with E-state index in [4.69, 9.17) is 19.2 Å². The molecule has 172 valence electrons. The summed E-state index contributed by atoms with van der Waals surface area (Å²) in [5.74, 6) is -0.186. The number of benzene rings is 2. The third-order valence-electron chi connectivity index (χ3n) is 5.23. The average molecular weight is 467 g/mol. The molecule has 0 fully saturated rings. The van der Waals surface area contributed by atoms with E-state index in [1.807, 2.05) is 67.8 Å². The maximum absolute atomic E-state index is 13.0. The van der Waals surface area contributed by atoms with Gasteiger partial charge in [0.05, 0.1) is 18.0 Å². The number of rotatable bonds is 9. The number of aromatic nitrogens is 1. The molecule has 2 aromatic carbocycles. The van der Waals surface area contributed by atoms with Crippen LogP contribution in [0.1, 0.15) is 20.3 Å². The first-order valence-electron chi connectivity index (χ1n) is 11.0. The van der Waals surface area contributed by atoms with Gasteiger partial charge >= 0.3 is 5.97 Å². The molecule has 8 heteroatoms. The molecule has 0 saturated carbocycles. The molecule has 33 heavy (non-hydrogen) atoms. The van der Waals surface area contributed by atoms with Crippen molar-refractivity contribution in [3.63, 3.8) is 0 Å². The highest BCUT2D eigenvalue weighted by molar-refractivity contribution is 7.13. The van der Waals surface area contributed by atoms with Gasteiger partial charge < -0.3 is 14.2 Å². The number of hydrogen-bond acceptors (Lipinski definition) is 7. The topological polar surface area (TPSA) is 78.0 Å². The van der Waals surface area contributed by atoms with Crippen LogP contribution >= 0.6 is 11.3 Å². The minimum Gasteiger partial charge on any atom is -0.478 e. The molecule has 3 aromatic rings. The monoisotopic (exact) mass is 466 g/mol. The van der Waals surface area contributed by atoms with E-state index in [1.165, 1.54) is 4.90 Å². The van der Waals surface area contributed by atoms with Gasteiger partial charge in [-0.2, -0.15) is 0 Å². The zero-order valence-electron chi connectivity index (χ0n) is 18.7. The van der Waals surface area contributed by atoms with Crippen LogP contribution in [0.25, 0.3) is 21.8 Å². The number of anilines is 1. The Kier molecular flexibility index (Phi) is 7.36. The third-order valence-corrected chi connectivity index (χ3v) is 6.13. The molecule has 0 spiro atoms. The highest BCUT2D eigenvalue weighted by atomic mass is 32.1. The van der Waals surface area contributed by atoms with Gasteiger partial charge in [-0.25, -0.2) is 4.98 Å². The van der Waals surface area contributed by atoms with Crippen LogP contribution in [0.2, 0.25) is 0 Å². The maximum Gasteiger partial charge on any atom is 0.326 e. The van der Waals surface area contributed by atoms with Gasteiger partial charge in [0.25, 0.3) is 5.91 Å². The summed E-state index contributed by atoms with van der Waals surface area (Å²) < 4.78 is 16.3. The first kappa shape index (κ1) is 22.9. The Bertz CT molecular complexity index is 1110. The summed E-state index contributed by atoms with van der Waals surface area (Å²) in [6.07, 6.45) is -0.133. The third kappa shape index (κ3) is 5.23. The van der Waals surface area contributed by atoms with E-state index in [2.05, 4.69) is 0 Å². The molecular weight excluding hydrogens is 440 g/mol. The van der Waals surface area contributed by atoms with Crippen LogP contribution in [-0.2, 0) is 19.1 Å². The van der Waals surface area contributed by atoms with E-state index in [1.54, 1.807) is 11.3 Å². The van der Waals surface area contributed by atoms with E-state index < -0.39 is 12.1 Å². The highest BCUT2D eigenvalue weighted by Crippen LogP contribution is 2.39. The van der Waals surface area contributed by atoms with Crippen molar-refractivity contribution in [2.24, 2.45) is 0 Å². The van der Waals surface area contributed by atoms with Crippen molar-refractivity contribution in [1.82, 2.24) is 4.98 Å². The normalized spacial score (nSPS) is 15.2. The van der Waals surface area contributed by atoms with Gasteiger partial charge in [-0.15, -0.1) is 11.3 Å². The molecule has 1 amide bonds. The lowest BCUT2D eigenvalue weighted by Gasteiger charge is -2.33. The first-order valence-corrected chi connectivity index (χ1v) is 11.9. The predicted octanol–water partition coefficient (Wildman–Crippen LogP) is 4.56. The van der Waals surface area contributed by atoms with E-state index in [0.29, 0.717) is 31.1 Å². The molecule has 0 radical (unpaired) electrons. The van der Waals surface area contributed by atoms with Crippen LogP contribution in [0.15, 0.2) is 53.9 Å². The SMILES string of the molecule is CCOCCOC(=O)CN1C(=O)C(CC)Oc2ccc(-c3csc(-c4ccccc4)n3)cc21. The summed E-state index contributed by atoms with van der Waals surface area (Å²) in [5, 5.41) is 2.90. The molecule has 0 saturated heterocycles. The molecule has 7 nitrogen and oxygen atoms in total. The van der Waals surface area contributed by atoms with Crippen molar-refractivity contribution >= 4 is 28.9 Å². The van der Waals surface area contributed by atoms with E-state index in [0.717, 1.165) is 21.8 Å². The van der Waals surface area contributed by atoms with Crippen LogP contribution in [0.5, 0.6) is 5.75 Å². The van der Waals surface area contributed by atoms with E-state index in [9.17, 15) is 9.59 Å². The van der Waals surface area contributed by atoms with Crippen molar-refractivity contribution in [3.05, 3.63) is 53.9 Å². The fourth-order valence-electron chi connectivity index (χ4n) is 3.56. The Morgan fingerprint density at radius 3 is 2.70 bits per heavy atom. The van der Waals surface area contributed by atoms with Gasteiger partial charge in [0.2, 0.25) is 0 Å². The Balaban J connectivity index is 1.59. The van der Waals surface area contributed by atoms with Crippen LogP contribution in [0.3, 0.4) is 0 Å². The first-order chi connectivity index (χ1) is 16.1. The Labute approximate surface area is 196 Å². The number of fused-ring (bicyclic) bond motifs is 1. The molecule has 0 bridgehead atoms. The van der Waals surface area contributed by atoms with Gasteiger partial charge in [-0.1, -0.05) is 37.3 Å². The summed E-state index contributed by atoms with van der Waals surface area (Å²) in [7, 11) is 0. The number of carbonyl (C=O) groups is 2. The van der Waals surface area contributed by atoms with Crippen molar-refractivity contribution in [1.29, 1.82) is 0 Å². The van der Waals surface area contributed by atoms with Crippen LogP contribution in [0, 0.1) is 0 Å². The molecule has 1 atom stereocenters. The minimum absolute atomic E-state index is 0.149. The molecule has 1 unspecified atom stereocenters. The largest absolute Gasteiger partial charge is 0.478 e. The summed E-state index contributed by atoms with van der Waals surface area (Å²) >= 11 is 1.56. The lowest BCUT2D eigenvalue weighted by Crippen LogP contribution is -2.48. The molecule has 0 aliphatic carbocycles. The molecule has 1 aliphatic rings. The van der Waals surface area contributed by atoms with Gasteiger partial charge in [0.15, 0.2) is 6.10 Å². The Morgan fingerprint density at radius 2 is 1.94 bits per heavy atom. The molecule has 1 aliphatic heterocycles. The highest BCUT2D eigenvalue weighted by Gasteiger charge is 2.35. The van der Waals surface area contributed by atoms with Crippen molar-refractivity contribution in [3.8, 4) is 27.6 Å². The molecule has 1 aromatic heterocycles. The van der Waals surface area contributed by atoms with Gasteiger partial charge in [0, 0.05) is 23.1 Å². The fraction of sp³-hybridized carbons (Fsp3) is 0.320. The number of ether oxygens (including phenoxy) is 3. The number of hydrogen-bond donors (Lipinski definition) is 0. The number of nitrogens with zero attached hydrogens (tertiary/aromatic N) is 2. The molecular formula is C25H26N2O5S. The minimum atomic E-state index is -0.636. The zero-order valence-corrected chi connectivity index (χ0v) is 19.5. The van der Waals surface area contributed by atoms with E-state index in [-0.39, 0.29) is 19.1 Å². The van der Waals surface area contributed by atoms with Crippen molar-refractivity contribution in [2.45, 2.75) is 26.4 Å². The van der Waals surface area contributed by atoms with Crippen LogP contribution in [0.4, 0.5) is 5.69 Å². The second-order valence-electron chi connectivity index (χ2n) is 7.44.